The van der Waals surface area contributed by atoms with Crippen molar-refractivity contribution in [1.82, 2.24) is 15.0 Å². The van der Waals surface area contributed by atoms with Crippen LogP contribution in [0.25, 0.3) is 11.3 Å². The van der Waals surface area contributed by atoms with Gasteiger partial charge in [-0.3, -0.25) is 4.68 Å². The number of methoxy groups -OCH3 is 1. The molecule has 0 spiro atoms. The molecule has 4 nitrogen and oxygen atoms in total. The zero-order valence-corrected chi connectivity index (χ0v) is 11.6. The number of hydrogen-bond donors (Lipinski definition) is 0. The Balaban J connectivity index is 2.62. The highest BCUT2D eigenvalue weighted by Crippen LogP contribution is 2.38. The summed E-state index contributed by atoms with van der Waals surface area (Å²) in [5.74, 6) is 0.880. The Bertz CT molecular complexity index is 552. The zero-order valence-electron chi connectivity index (χ0n) is 11.6. The van der Waals surface area contributed by atoms with E-state index in [2.05, 4.69) is 37.1 Å². The summed E-state index contributed by atoms with van der Waals surface area (Å²) in [6.07, 6.45) is 1.89. The van der Waals surface area contributed by atoms with Crippen LogP contribution >= 0.6 is 0 Å². The van der Waals surface area contributed by atoms with Crippen LogP contribution in [0.3, 0.4) is 0 Å². The predicted octanol–water partition coefficient (Wildman–Crippen LogP) is 2.79. The van der Waals surface area contributed by atoms with Crippen LogP contribution in [0.2, 0.25) is 0 Å². The molecule has 0 amide bonds. The van der Waals surface area contributed by atoms with Crippen LogP contribution in [0, 0.1) is 0 Å². The van der Waals surface area contributed by atoms with Gasteiger partial charge < -0.3 is 4.74 Å². The fourth-order valence-corrected chi connectivity index (χ4v) is 2.02. The van der Waals surface area contributed by atoms with E-state index in [0.29, 0.717) is 0 Å². The topological polar surface area (TPSA) is 39.9 Å². The predicted molar refractivity (Wildman–Crippen MR) is 71.7 cm³/mol. The quantitative estimate of drug-likeness (QED) is 0.816. The van der Waals surface area contributed by atoms with Gasteiger partial charge in [-0.1, -0.05) is 38.1 Å². The van der Waals surface area contributed by atoms with Gasteiger partial charge in [-0.25, -0.2) is 0 Å². The van der Waals surface area contributed by atoms with Crippen LogP contribution in [-0.4, -0.2) is 22.1 Å². The summed E-state index contributed by atoms with van der Waals surface area (Å²) < 4.78 is 7.28. The Morgan fingerprint density at radius 1 is 1.22 bits per heavy atom. The van der Waals surface area contributed by atoms with Gasteiger partial charge >= 0.3 is 0 Å². The van der Waals surface area contributed by atoms with Crippen molar-refractivity contribution in [2.75, 3.05) is 7.11 Å². The number of ether oxygens (including phenoxy) is 1. The molecule has 0 aliphatic carbocycles. The summed E-state index contributed by atoms with van der Waals surface area (Å²) in [5.41, 5.74) is 3.02. The highest BCUT2D eigenvalue weighted by atomic mass is 16.5. The SMILES string of the molecule is COc1c(-c2cn(C)nn2)cccc1C(C)(C)C. The van der Waals surface area contributed by atoms with Gasteiger partial charge in [0.05, 0.1) is 13.3 Å². The minimum atomic E-state index is 0.0313. The fraction of sp³-hybridized carbons (Fsp3) is 0.429. The van der Waals surface area contributed by atoms with Crippen molar-refractivity contribution in [3.8, 4) is 17.0 Å². The second-order valence-corrected chi connectivity index (χ2v) is 5.41. The third kappa shape index (κ3) is 2.23. The smallest absolute Gasteiger partial charge is 0.132 e. The number of para-hydroxylation sites is 1. The Hall–Kier alpha value is -1.84. The molecule has 0 N–H and O–H groups in total. The fourth-order valence-electron chi connectivity index (χ4n) is 2.02. The van der Waals surface area contributed by atoms with Gasteiger partial charge in [0, 0.05) is 18.2 Å². The van der Waals surface area contributed by atoms with Crippen molar-refractivity contribution in [2.24, 2.45) is 7.05 Å². The Morgan fingerprint density at radius 3 is 2.44 bits per heavy atom. The lowest BCUT2D eigenvalue weighted by molar-refractivity contribution is 0.399. The van der Waals surface area contributed by atoms with E-state index in [0.717, 1.165) is 17.0 Å². The zero-order chi connectivity index (χ0) is 13.3. The molecule has 18 heavy (non-hydrogen) atoms. The molecule has 2 rings (SSSR count). The first-order valence-corrected chi connectivity index (χ1v) is 5.97. The van der Waals surface area contributed by atoms with E-state index in [1.807, 2.05) is 25.4 Å². The summed E-state index contributed by atoms with van der Waals surface area (Å²) in [5, 5.41) is 8.12. The maximum absolute atomic E-state index is 5.59. The molecule has 0 fully saturated rings. The summed E-state index contributed by atoms with van der Waals surface area (Å²) >= 11 is 0. The maximum Gasteiger partial charge on any atom is 0.132 e. The molecule has 0 unspecified atom stereocenters. The molecular weight excluding hydrogens is 226 g/mol. The molecule has 2 aromatic rings. The molecule has 0 atom stereocenters. The van der Waals surface area contributed by atoms with Crippen LogP contribution in [0.5, 0.6) is 5.75 Å². The van der Waals surface area contributed by atoms with Crippen molar-refractivity contribution in [3.05, 3.63) is 30.0 Å². The van der Waals surface area contributed by atoms with Crippen molar-refractivity contribution in [1.29, 1.82) is 0 Å². The van der Waals surface area contributed by atoms with Crippen LogP contribution in [0.1, 0.15) is 26.3 Å². The van der Waals surface area contributed by atoms with E-state index in [1.165, 1.54) is 5.56 Å². The molecule has 96 valence electrons. The third-order valence-electron chi connectivity index (χ3n) is 2.91. The highest BCUT2D eigenvalue weighted by Gasteiger charge is 2.22. The van der Waals surface area contributed by atoms with Gasteiger partial charge in [-0.15, -0.1) is 5.10 Å². The molecule has 0 saturated carbocycles. The normalized spacial score (nSPS) is 11.6. The summed E-state index contributed by atoms with van der Waals surface area (Å²) in [6.45, 7) is 6.52. The molecular formula is C14H19N3O. The largest absolute Gasteiger partial charge is 0.496 e. The molecule has 4 heteroatoms. The van der Waals surface area contributed by atoms with Crippen molar-refractivity contribution in [3.63, 3.8) is 0 Å². The van der Waals surface area contributed by atoms with E-state index in [4.69, 9.17) is 4.74 Å². The second-order valence-electron chi connectivity index (χ2n) is 5.41. The lowest BCUT2D eigenvalue weighted by Gasteiger charge is -2.23. The number of hydrogen-bond acceptors (Lipinski definition) is 3. The lowest BCUT2D eigenvalue weighted by Crippen LogP contribution is -2.13. The third-order valence-corrected chi connectivity index (χ3v) is 2.91. The Kier molecular flexibility index (Phi) is 3.11. The van der Waals surface area contributed by atoms with Crippen molar-refractivity contribution < 1.29 is 4.74 Å². The number of rotatable bonds is 2. The van der Waals surface area contributed by atoms with Gasteiger partial charge in [-0.2, -0.15) is 0 Å². The highest BCUT2D eigenvalue weighted by molar-refractivity contribution is 5.69. The summed E-state index contributed by atoms with van der Waals surface area (Å²) in [7, 11) is 3.56. The van der Waals surface area contributed by atoms with E-state index in [1.54, 1.807) is 11.8 Å². The van der Waals surface area contributed by atoms with E-state index in [-0.39, 0.29) is 5.41 Å². The van der Waals surface area contributed by atoms with Gasteiger partial charge in [0.25, 0.3) is 0 Å². The summed E-state index contributed by atoms with van der Waals surface area (Å²) in [6, 6.07) is 6.14. The van der Waals surface area contributed by atoms with E-state index >= 15 is 0 Å². The number of nitrogens with zero attached hydrogens (tertiary/aromatic N) is 3. The molecule has 0 bridgehead atoms. The van der Waals surface area contributed by atoms with Gasteiger partial charge in [0.15, 0.2) is 0 Å². The van der Waals surface area contributed by atoms with Gasteiger partial charge in [-0.05, 0) is 11.5 Å². The van der Waals surface area contributed by atoms with E-state index < -0.39 is 0 Å². The molecule has 1 aromatic heterocycles. The van der Waals surface area contributed by atoms with Crippen molar-refractivity contribution >= 4 is 0 Å². The lowest BCUT2D eigenvalue weighted by atomic mass is 9.85. The van der Waals surface area contributed by atoms with Gasteiger partial charge in [0.2, 0.25) is 0 Å². The number of aromatic nitrogens is 3. The Labute approximate surface area is 108 Å². The first-order chi connectivity index (χ1) is 8.43. The summed E-state index contributed by atoms with van der Waals surface area (Å²) in [4.78, 5) is 0. The number of aryl methyl sites for hydroxylation is 1. The maximum atomic E-state index is 5.59. The minimum absolute atomic E-state index is 0.0313. The molecule has 0 aliphatic rings. The van der Waals surface area contributed by atoms with Crippen LogP contribution < -0.4 is 4.74 Å². The van der Waals surface area contributed by atoms with Gasteiger partial charge in [0.1, 0.15) is 11.4 Å². The average Bonchev–Trinajstić information content (AvgIpc) is 2.73. The van der Waals surface area contributed by atoms with Crippen LogP contribution in [-0.2, 0) is 12.5 Å². The standard InChI is InChI=1S/C14H19N3O/c1-14(2,3)11-8-6-7-10(13(11)18-5)12-9-17(4)16-15-12/h6-9H,1-5H3. The van der Waals surface area contributed by atoms with Crippen LogP contribution in [0.15, 0.2) is 24.4 Å². The average molecular weight is 245 g/mol. The van der Waals surface area contributed by atoms with Crippen LogP contribution in [0.4, 0.5) is 0 Å². The monoisotopic (exact) mass is 245 g/mol. The number of benzene rings is 1. The molecule has 0 saturated heterocycles. The molecule has 0 radical (unpaired) electrons. The first kappa shape index (κ1) is 12.6. The Morgan fingerprint density at radius 2 is 1.94 bits per heavy atom. The minimum Gasteiger partial charge on any atom is -0.496 e. The van der Waals surface area contributed by atoms with E-state index in [9.17, 15) is 0 Å². The molecule has 1 aromatic carbocycles. The second kappa shape index (κ2) is 4.44. The first-order valence-electron chi connectivity index (χ1n) is 5.97. The molecule has 0 aliphatic heterocycles. The molecule has 1 heterocycles. The van der Waals surface area contributed by atoms with Crippen molar-refractivity contribution in [2.45, 2.75) is 26.2 Å².